The second-order valence-electron chi connectivity index (χ2n) is 7.43. The maximum absolute atomic E-state index is 6.33. The first-order valence-electron chi connectivity index (χ1n) is 7.85. The van der Waals surface area contributed by atoms with E-state index in [1.807, 2.05) is 12.1 Å². The number of hydrogen-bond acceptors (Lipinski definition) is 1. The molecule has 0 aliphatic heterocycles. The molecule has 1 fully saturated rings. The van der Waals surface area contributed by atoms with Gasteiger partial charge in [-0.2, -0.15) is 0 Å². The third kappa shape index (κ3) is 3.77. The van der Waals surface area contributed by atoms with Crippen LogP contribution in [0.3, 0.4) is 0 Å². The van der Waals surface area contributed by atoms with Crippen LogP contribution in [0.25, 0.3) is 0 Å². The lowest BCUT2D eigenvalue weighted by atomic mass is 9.64. The summed E-state index contributed by atoms with van der Waals surface area (Å²) in [5, 5.41) is 0.904. The lowest BCUT2D eigenvalue weighted by Gasteiger charge is -2.42. The van der Waals surface area contributed by atoms with Crippen molar-refractivity contribution >= 4 is 11.6 Å². The highest BCUT2D eigenvalue weighted by Crippen LogP contribution is 2.43. The normalized spacial score (nSPS) is 27.6. The van der Waals surface area contributed by atoms with Crippen molar-refractivity contribution in [1.29, 1.82) is 0 Å². The minimum atomic E-state index is 0.401. The van der Waals surface area contributed by atoms with E-state index in [4.69, 9.17) is 17.3 Å². The van der Waals surface area contributed by atoms with Crippen LogP contribution in [0.2, 0.25) is 5.02 Å². The minimum absolute atomic E-state index is 0.401. The Bertz CT molecular complexity index is 435. The molecular weight excluding hydrogens is 266 g/mol. The van der Waals surface area contributed by atoms with Crippen molar-refractivity contribution in [3.63, 3.8) is 0 Å². The summed E-state index contributed by atoms with van der Waals surface area (Å²) in [5.74, 6) is 2.14. The van der Waals surface area contributed by atoms with E-state index in [1.54, 1.807) is 0 Å². The van der Waals surface area contributed by atoms with Gasteiger partial charge in [-0.25, -0.2) is 0 Å². The molecule has 3 atom stereocenters. The molecule has 3 unspecified atom stereocenters. The molecule has 20 heavy (non-hydrogen) atoms. The summed E-state index contributed by atoms with van der Waals surface area (Å²) in [6.07, 6.45) is 4.96. The van der Waals surface area contributed by atoms with E-state index in [0.717, 1.165) is 23.9 Å². The smallest absolute Gasteiger partial charge is 0.0438 e. The van der Waals surface area contributed by atoms with E-state index in [-0.39, 0.29) is 0 Å². The zero-order valence-corrected chi connectivity index (χ0v) is 13.8. The van der Waals surface area contributed by atoms with Gasteiger partial charge < -0.3 is 5.73 Å². The average molecular weight is 294 g/mol. The van der Waals surface area contributed by atoms with Crippen LogP contribution in [-0.4, -0.2) is 6.54 Å². The summed E-state index contributed by atoms with van der Waals surface area (Å²) in [6.45, 7) is 7.92. The third-order valence-electron chi connectivity index (χ3n) is 5.11. The Labute approximate surface area is 128 Å². The molecule has 0 radical (unpaired) electrons. The zero-order valence-electron chi connectivity index (χ0n) is 13.0. The molecule has 1 nitrogen and oxygen atoms in total. The molecule has 2 N–H and O–H groups in total. The van der Waals surface area contributed by atoms with Crippen molar-refractivity contribution in [3.8, 4) is 0 Å². The van der Waals surface area contributed by atoms with Gasteiger partial charge in [0.05, 0.1) is 0 Å². The molecule has 112 valence electrons. The van der Waals surface area contributed by atoms with Gasteiger partial charge in [0.2, 0.25) is 0 Å². The van der Waals surface area contributed by atoms with E-state index >= 15 is 0 Å². The van der Waals surface area contributed by atoms with Gasteiger partial charge >= 0.3 is 0 Å². The molecule has 1 aromatic carbocycles. The molecule has 0 heterocycles. The molecule has 0 amide bonds. The van der Waals surface area contributed by atoms with Gasteiger partial charge in [0, 0.05) is 5.02 Å². The molecule has 2 rings (SSSR count). The summed E-state index contributed by atoms with van der Waals surface area (Å²) in [4.78, 5) is 0. The summed E-state index contributed by atoms with van der Waals surface area (Å²) >= 11 is 6.33. The quantitative estimate of drug-likeness (QED) is 0.841. The zero-order chi connectivity index (χ0) is 14.8. The minimum Gasteiger partial charge on any atom is -0.330 e. The van der Waals surface area contributed by atoms with E-state index in [1.165, 1.54) is 24.8 Å². The fourth-order valence-corrected chi connectivity index (χ4v) is 3.83. The molecule has 0 aromatic heterocycles. The molecule has 0 bridgehead atoms. The van der Waals surface area contributed by atoms with E-state index < -0.39 is 0 Å². The Morgan fingerprint density at radius 2 is 1.85 bits per heavy atom. The van der Waals surface area contributed by atoms with Crippen LogP contribution in [0.4, 0.5) is 0 Å². The van der Waals surface area contributed by atoms with Gasteiger partial charge in [-0.1, -0.05) is 50.6 Å². The molecule has 1 aliphatic rings. The Kier molecular flexibility index (Phi) is 5.14. The Morgan fingerprint density at radius 1 is 1.15 bits per heavy atom. The van der Waals surface area contributed by atoms with Crippen LogP contribution in [0.15, 0.2) is 24.3 Å². The van der Waals surface area contributed by atoms with Crippen molar-refractivity contribution in [2.24, 2.45) is 28.9 Å². The first-order chi connectivity index (χ1) is 9.41. The van der Waals surface area contributed by atoms with Crippen LogP contribution < -0.4 is 5.73 Å². The standard InChI is InChI=1S/C18H28ClN/c1-18(2,3)16-9-8-14(12-20)15(11-16)10-13-6-4-5-7-17(13)19/h4-7,14-16H,8-12,20H2,1-3H3. The summed E-state index contributed by atoms with van der Waals surface area (Å²) in [6, 6.07) is 8.25. The first-order valence-corrected chi connectivity index (χ1v) is 8.23. The van der Waals surface area contributed by atoms with Crippen LogP contribution in [0, 0.1) is 23.2 Å². The van der Waals surface area contributed by atoms with Crippen LogP contribution in [-0.2, 0) is 6.42 Å². The monoisotopic (exact) mass is 293 g/mol. The second-order valence-corrected chi connectivity index (χ2v) is 7.83. The van der Waals surface area contributed by atoms with E-state index in [9.17, 15) is 0 Å². The molecule has 1 aliphatic carbocycles. The Morgan fingerprint density at radius 3 is 2.45 bits per heavy atom. The van der Waals surface area contributed by atoms with Crippen molar-refractivity contribution in [3.05, 3.63) is 34.9 Å². The van der Waals surface area contributed by atoms with Crippen molar-refractivity contribution in [2.45, 2.75) is 46.5 Å². The second kappa shape index (κ2) is 6.49. The van der Waals surface area contributed by atoms with Crippen molar-refractivity contribution in [2.75, 3.05) is 6.54 Å². The number of hydrogen-bond donors (Lipinski definition) is 1. The molecule has 2 heteroatoms. The van der Waals surface area contributed by atoms with Crippen LogP contribution in [0.1, 0.15) is 45.6 Å². The van der Waals surface area contributed by atoms with Gasteiger partial charge in [0.15, 0.2) is 0 Å². The molecule has 0 spiro atoms. The van der Waals surface area contributed by atoms with Crippen LogP contribution in [0.5, 0.6) is 0 Å². The van der Waals surface area contributed by atoms with Crippen molar-refractivity contribution in [1.82, 2.24) is 0 Å². The average Bonchev–Trinajstić information content (AvgIpc) is 2.40. The Hall–Kier alpha value is -0.530. The van der Waals surface area contributed by atoms with E-state index in [2.05, 4.69) is 32.9 Å². The lowest BCUT2D eigenvalue weighted by molar-refractivity contribution is 0.101. The van der Waals surface area contributed by atoms with Gasteiger partial charge in [0.25, 0.3) is 0 Å². The maximum Gasteiger partial charge on any atom is 0.0438 e. The fraction of sp³-hybridized carbons (Fsp3) is 0.667. The predicted molar refractivity (Wildman–Crippen MR) is 88.0 cm³/mol. The van der Waals surface area contributed by atoms with Crippen molar-refractivity contribution < 1.29 is 0 Å². The first kappa shape index (κ1) is 15.9. The SMILES string of the molecule is CC(C)(C)C1CCC(CN)C(Cc2ccccc2Cl)C1. The summed E-state index contributed by atoms with van der Waals surface area (Å²) < 4.78 is 0. The molecule has 1 aromatic rings. The number of benzene rings is 1. The van der Waals surface area contributed by atoms with Gasteiger partial charge in [0.1, 0.15) is 0 Å². The van der Waals surface area contributed by atoms with Gasteiger partial charge in [-0.05, 0) is 67.0 Å². The maximum atomic E-state index is 6.33. The Balaban J connectivity index is 2.12. The molecular formula is C18H28ClN. The largest absolute Gasteiger partial charge is 0.330 e. The predicted octanol–water partition coefficient (Wildman–Crippen LogP) is 4.92. The highest BCUT2D eigenvalue weighted by atomic mass is 35.5. The highest BCUT2D eigenvalue weighted by molar-refractivity contribution is 6.31. The highest BCUT2D eigenvalue weighted by Gasteiger charge is 2.35. The summed E-state index contributed by atoms with van der Waals surface area (Å²) in [5.41, 5.74) is 7.69. The van der Waals surface area contributed by atoms with Gasteiger partial charge in [-0.15, -0.1) is 0 Å². The van der Waals surface area contributed by atoms with Crippen LogP contribution >= 0.6 is 11.6 Å². The number of halogens is 1. The van der Waals surface area contributed by atoms with Gasteiger partial charge in [-0.3, -0.25) is 0 Å². The summed E-state index contributed by atoms with van der Waals surface area (Å²) in [7, 11) is 0. The third-order valence-corrected chi connectivity index (χ3v) is 5.48. The topological polar surface area (TPSA) is 26.0 Å². The lowest BCUT2D eigenvalue weighted by Crippen LogP contribution is -2.36. The molecule has 1 saturated carbocycles. The van der Waals surface area contributed by atoms with E-state index in [0.29, 0.717) is 17.3 Å². The number of nitrogens with two attached hydrogens (primary N) is 1. The molecule has 0 saturated heterocycles. The number of rotatable bonds is 3. The fourth-order valence-electron chi connectivity index (χ4n) is 3.62.